The van der Waals surface area contributed by atoms with Crippen LogP contribution < -0.4 is 10.0 Å². The Labute approximate surface area is 182 Å². The van der Waals surface area contributed by atoms with Crippen LogP contribution in [0.2, 0.25) is 0 Å². The SMILES string of the molecule is CC[C@H](C)[C@H](N=C1NS(=O)(=O)c2ccccc21)C(=O)NCCc1c[nH]c2ccccc12. The predicted molar refractivity (Wildman–Crippen MR) is 122 cm³/mol. The molecule has 31 heavy (non-hydrogen) atoms. The molecule has 3 aromatic rings. The van der Waals surface area contributed by atoms with E-state index in [-0.39, 0.29) is 22.6 Å². The van der Waals surface area contributed by atoms with Gasteiger partial charge in [0.1, 0.15) is 11.9 Å². The molecule has 2 atom stereocenters. The van der Waals surface area contributed by atoms with Crippen molar-refractivity contribution in [1.82, 2.24) is 15.0 Å². The minimum absolute atomic E-state index is 0.0437. The average Bonchev–Trinajstić information content (AvgIpc) is 3.30. The van der Waals surface area contributed by atoms with Crippen molar-refractivity contribution >= 4 is 32.7 Å². The Morgan fingerprint density at radius 2 is 1.87 bits per heavy atom. The number of hydrogen-bond acceptors (Lipinski definition) is 4. The van der Waals surface area contributed by atoms with E-state index in [2.05, 4.69) is 26.1 Å². The summed E-state index contributed by atoms with van der Waals surface area (Å²) in [6.45, 7) is 4.41. The highest BCUT2D eigenvalue weighted by molar-refractivity contribution is 7.90. The smallest absolute Gasteiger partial charge is 0.263 e. The van der Waals surface area contributed by atoms with Gasteiger partial charge in [0.2, 0.25) is 5.91 Å². The van der Waals surface area contributed by atoms with E-state index in [1.165, 1.54) is 0 Å². The summed E-state index contributed by atoms with van der Waals surface area (Å²) in [7, 11) is -3.64. The van der Waals surface area contributed by atoms with Gasteiger partial charge in [0, 0.05) is 29.2 Å². The van der Waals surface area contributed by atoms with Gasteiger partial charge in [0.25, 0.3) is 10.0 Å². The van der Waals surface area contributed by atoms with Gasteiger partial charge in [-0.3, -0.25) is 14.5 Å². The Bertz CT molecular complexity index is 1250. The Hall–Kier alpha value is -3.13. The molecular formula is C23H26N4O3S. The van der Waals surface area contributed by atoms with E-state index < -0.39 is 16.1 Å². The van der Waals surface area contributed by atoms with Crippen LogP contribution in [0, 0.1) is 5.92 Å². The molecule has 162 valence electrons. The first-order valence-corrected chi connectivity index (χ1v) is 11.9. The van der Waals surface area contributed by atoms with Crippen molar-refractivity contribution in [2.24, 2.45) is 10.9 Å². The maximum absolute atomic E-state index is 13.0. The van der Waals surface area contributed by atoms with Crippen molar-refractivity contribution < 1.29 is 13.2 Å². The molecular weight excluding hydrogens is 412 g/mol. The highest BCUT2D eigenvalue weighted by atomic mass is 32.2. The number of carbonyl (C=O) groups is 1. The van der Waals surface area contributed by atoms with Crippen molar-refractivity contribution in [3.8, 4) is 0 Å². The number of H-pyrrole nitrogens is 1. The molecule has 2 aromatic carbocycles. The molecule has 0 spiro atoms. The highest BCUT2D eigenvalue weighted by Gasteiger charge is 2.33. The number of hydrogen-bond donors (Lipinski definition) is 3. The van der Waals surface area contributed by atoms with Gasteiger partial charge in [-0.2, -0.15) is 0 Å². The van der Waals surface area contributed by atoms with Crippen LogP contribution >= 0.6 is 0 Å². The summed E-state index contributed by atoms with van der Waals surface area (Å²) < 4.78 is 27.2. The van der Waals surface area contributed by atoms with E-state index in [0.29, 0.717) is 18.5 Å². The third kappa shape index (κ3) is 4.20. The number of aromatic nitrogens is 1. The molecule has 0 aliphatic carbocycles. The summed E-state index contributed by atoms with van der Waals surface area (Å²) in [6, 6.07) is 14.0. The number of aromatic amines is 1. The molecule has 8 heteroatoms. The number of amidine groups is 1. The number of nitrogens with one attached hydrogen (secondary N) is 3. The molecule has 4 rings (SSSR count). The van der Waals surface area contributed by atoms with Gasteiger partial charge >= 0.3 is 0 Å². The topological polar surface area (TPSA) is 103 Å². The number of carbonyl (C=O) groups excluding carboxylic acids is 1. The second kappa shape index (κ2) is 8.55. The van der Waals surface area contributed by atoms with Crippen molar-refractivity contribution in [3.63, 3.8) is 0 Å². The normalized spacial score (nSPS) is 17.8. The summed E-state index contributed by atoms with van der Waals surface area (Å²) >= 11 is 0. The lowest BCUT2D eigenvalue weighted by Gasteiger charge is -2.19. The predicted octanol–water partition coefficient (Wildman–Crippen LogP) is 2.98. The molecule has 1 aliphatic heterocycles. The molecule has 3 N–H and O–H groups in total. The van der Waals surface area contributed by atoms with Crippen LogP contribution in [0.3, 0.4) is 0 Å². The number of nitrogens with zero attached hydrogens (tertiary/aromatic N) is 1. The zero-order chi connectivity index (χ0) is 22.0. The molecule has 0 radical (unpaired) electrons. The molecule has 0 fully saturated rings. The van der Waals surface area contributed by atoms with Gasteiger partial charge in [-0.05, 0) is 36.1 Å². The van der Waals surface area contributed by atoms with Crippen LogP contribution in [-0.4, -0.2) is 37.7 Å². The Morgan fingerprint density at radius 3 is 2.68 bits per heavy atom. The lowest BCUT2D eigenvalue weighted by molar-refractivity contribution is -0.123. The summed E-state index contributed by atoms with van der Waals surface area (Å²) in [5, 5.41) is 4.13. The first-order chi connectivity index (χ1) is 14.9. The van der Waals surface area contributed by atoms with Crippen LogP contribution in [0.15, 0.2) is 64.6 Å². The molecule has 0 saturated heterocycles. The number of benzene rings is 2. The highest BCUT2D eigenvalue weighted by Crippen LogP contribution is 2.24. The molecule has 0 bridgehead atoms. The Balaban J connectivity index is 1.51. The second-order valence-corrected chi connectivity index (χ2v) is 9.46. The maximum atomic E-state index is 13.0. The Kier molecular flexibility index (Phi) is 5.82. The zero-order valence-corrected chi connectivity index (χ0v) is 18.4. The second-order valence-electron chi connectivity index (χ2n) is 7.81. The monoisotopic (exact) mass is 438 g/mol. The quantitative estimate of drug-likeness (QED) is 0.528. The standard InChI is InChI=1S/C23H26N4O3S/c1-3-15(2)21(26-22-18-9-5-7-11-20(18)31(29,30)27-22)23(28)24-13-12-16-14-25-19-10-6-4-8-17(16)19/h4-11,14-15,21,25H,3,12-13H2,1-2H3,(H,24,28)(H,26,27)/t15-,21-/m0/s1. The molecule has 0 saturated carbocycles. The van der Waals surface area contributed by atoms with Gasteiger partial charge in [0.15, 0.2) is 0 Å². The van der Waals surface area contributed by atoms with E-state index in [4.69, 9.17) is 0 Å². The molecule has 1 aromatic heterocycles. The Morgan fingerprint density at radius 1 is 1.13 bits per heavy atom. The van der Waals surface area contributed by atoms with E-state index in [1.54, 1.807) is 24.3 Å². The molecule has 1 aliphatic rings. The summed E-state index contributed by atoms with van der Waals surface area (Å²) in [5.74, 6) is -0.0178. The van der Waals surface area contributed by atoms with Crippen molar-refractivity contribution in [1.29, 1.82) is 0 Å². The lowest BCUT2D eigenvalue weighted by atomic mass is 9.98. The fourth-order valence-electron chi connectivity index (χ4n) is 3.80. The summed E-state index contributed by atoms with van der Waals surface area (Å²) in [5.41, 5.74) is 2.71. The van der Waals surface area contributed by atoms with Crippen molar-refractivity contribution in [2.75, 3.05) is 6.54 Å². The number of aliphatic imine (C=N–C) groups is 1. The van der Waals surface area contributed by atoms with E-state index in [1.807, 2.05) is 38.2 Å². The fourth-order valence-corrected chi connectivity index (χ4v) is 5.04. The molecule has 7 nitrogen and oxygen atoms in total. The van der Waals surface area contributed by atoms with Crippen molar-refractivity contribution in [2.45, 2.75) is 37.6 Å². The third-order valence-electron chi connectivity index (χ3n) is 5.75. The maximum Gasteiger partial charge on any atom is 0.263 e. The minimum atomic E-state index is -3.64. The van der Waals surface area contributed by atoms with Gasteiger partial charge in [-0.25, -0.2) is 8.42 Å². The van der Waals surface area contributed by atoms with Crippen molar-refractivity contribution in [3.05, 3.63) is 65.9 Å². The first kappa shape index (κ1) is 21.1. The number of sulfonamides is 1. The number of para-hydroxylation sites is 1. The van der Waals surface area contributed by atoms with Gasteiger partial charge in [0.05, 0.1) is 4.90 Å². The van der Waals surface area contributed by atoms with E-state index in [0.717, 1.165) is 22.9 Å². The molecule has 1 amide bonds. The van der Waals surface area contributed by atoms with Crippen LogP contribution in [0.5, 0.6) is 0 Å². The third-order valence-corrected chi connectivity index (χ3v) is 7.15. The van der Waals surface area contributed by atoms with Crippen LogP contribution in [0.25, 0.3) is 10.9 Å². The lowest BCUT2D eigenvalue weighted by Crippen LogP contribution is -2.40. The summed E-state index contributed by atoms with van der Waals surface area (Å²) in [6.07, 6.45) is 3.40. The van der Waals surface area contributed by atoms with Crippen LogP contribution in [-0.2, 0) is 21.2 Å². The molecule has 2 heterocycles. The first-order valence-electron chi connectivity index (χ1n) is 10.4. The summed E-state index contributed by atoms with van der Waals surface area (Å²) in [4.78, 5) is 21.0. The van der Waals surface area contributed by atoms with E-state index in [9.17, 15) is 13.2 Å². The van der Waals surface area contributed by atoms with Gasteiger partial charge in [-0.15, -0.1) is 0 Å². The molecule has 0 unspecified atom stereocenters. The average molecular weight is 439 g/mol. The largest absolute Gasteiger partial charge is 0.361 e. The van der Waals surface area contributed by atoms with E-state index >= 15 is 0 Å². The minimum Gasteiger partial charge on any atom is -0.361 e. The number of amides is 1. The number of rotatable bonds is 7. The van der Waals surface area contributed by atoms with Gasteiger partial charge in [-0.1, -0.05) is 50.6 Å². The zero-order valence-electron chi connectivity index (χ0n) is 17.6. The van der Waals surface area contributed by atoms with Crippen LogP contribution in [0.1, 0.15) is 31.4 Å². The number of fused-ring (bicyclic) bond motifs is 2. The fraction of sp³-hybridized carbons (Fsp3) is 0.304. The van der Waals surface area contributed by atoms with Crippen LogP contribution in [0.4, 0.5) is 0 Å². The van der Waals surface area contributed by atoms with Gasteiger partial charge < -0.3 is 10.3 Å².